The van der Waals surface area contributed by atoms with Gasteiger partial charge in [0.25, 0.3) is 0 Å². The van der Waals surface area contributed by atoms with E-state index in [4.69, 9.17) is 21.3 Å². The molecule has 0 unspecified atom stereocenters. The molecule has 2 aliphatic heterocycles. The largest absolute Gasteiger partial charge is 0.501 e. The molecule has 1 saturated heterocycles. The molecule has 1 aromatic carbocycles. The number of nitrogens with zero attached hydrogens (tertiary/aromatic N) is 3. The van der Waals surface area contributed by atoms with Gasteiger partial charge in [-0.1, -0.05) is 11.6 Å². The van der Waals surface area contributed by atoms with Gasteiger partial charge in [-0.25, -0.2) is 4.99 Å². The lowest BCUT2D eigenvalue weighted by Gasteiger charge is -2.36. The number of carbonyl (C=O) groups excluding carboxylic acids is 1. The maximum Gasteiger partial charge on any atom is 0.230 e. The number of anilines is 1. The molecule has 3 aliphatic rings. The van der Waals surface area contributed by atoms with Gasteiger partial charge < -0.3 is 14.5 Å². The third-order valence-corrected chi connectivity index (χ3v) is 6.79. The van der Waals surface area contributed by atoms with E-state index in [0.29, 0.717) is 10.9 Å². The Morgan fingerprint density at radius 1 is 1.16 bits per heavy atom. The molecule has 0 atom stereocenters. The number of hydrogen-bond acceptors (Lipinski definition) is 4. The molecule has 0 N–H and O–H groups in total. The van der Waals surface area contributed by atoms with Gasteiger partial charge in [-0.05, 0) is 80.9 Å². The first-order chi connectivity index (χ1) is 15.0. The van der Waals surface area contributed by atoms with Crippen molar-refractivity contribution in [2.24, 2.45) is 16.8 Å². The number of benzene rings is 1. The Morgan fingerprint density at radius 3 is 2.52 bits per heavy atom. The molecule has 1 aliphatic carbocycles. The van der Waals surface area contributed by atoms with Gasteiger partial charge in [0, 0.05) is 48.9 Å². The summed E-state index contributed by atoms with van der Waals surface area (Å²) < 4.78 is 5.38. The fourth-order valence-corrected chi connectivity index (χ4v) is 4.52. The number of halogens is 1. The zero-order valence-corrected chi connectivity index (χ0v) is 19.3. The summed E-state index contributed by atoms with van der Waals surface area (Å²) in [6.07, 6.45) is 9.79. The summed E-state index contributed by atoms with van der Waals surface area (Å²) in [7, 11) is 1.71. The Bertz CT molecular complexity index is 879. The van der Waals surface area contributed by atoms with Crippen LogP contribution in [-0.4, -0.2) is 43.8 Å². The lowest BCUT2D eigenvalue weighted by molar-refractivity contribution is -0.123. The minimum atomic E-state index is 0.0594. The summed E-state index contributed by atoms with van der Waals surface area (Å²) >= 11 is 6.07. The summed E-state index contributed by atoms with van der Waals surface area (Å²) in [6.45, 7) is 4.70. The van der Waals surface area contributed by atoms with E-state index < -0.39 is 0 Å². The number of piperidine rings is 1. The van der Waals surface area contributed by atoms with E-state index in [-0.39, 0.29) is 11.8 Å². The van der Waals surface area contributed by atoms with Crippen molar-refractivity contribution in [1.29, 1.82) is 0 Å². The predicted octanol–water partition coefficient (Wildman–Crippen LogP) is 5.42. The van der Waals surface area contributed by atoms with Crippen molar-refractivity contribution < 1.29 is 9.53 Å². The molecule has 1 saturated carbocycles. The highest BCUT2D eigenvalue weighted by Gasteiger charge is 2.33. The van der Waals surface area contributed by atoms with Crippen LogP contribution in [0.3, 0.4) is 0 Å². The van der Waals surface area contributed by atoms with Crippen molar-refractivity contribution >= 4 is 29.4 Å². The van der Waals surface area contributed by atoms with Crippen LogP contribution in [0.1, 0.15) is 45.4 Å². The SMILES string of the molecule is COC1=CC=NC(N2CCC(C(=O)N(CC3CC3)c3ccc(Cl)cc3)CC2)=C(C)CC1. The Morgan fingerprint density at radius 2 is 1.87 bits per heavy atom. The van der Waals surface area contributed by atoms with E-state index in [1.807, 2.05) is 41.5 Å². The molecule has 6 heteroatoms. The zero-order valence-electron chi connectivity index (χ0n) is 18.5. The van der Waals surface area contributed by atoms with Crippen LogP contribution in [0.15, 0.2) is 52.5 Å². The molecule has 1 aromatic rings. The van der Waals surface area contributed by atoms with E-state index in [2.05, 4.69) is 11.8 Å². The van der Waals surface area contributed by atoms with Crippen molar-refractivity contribution in [3.8, 4) is 0 Å². The van der Waals surface area contributed by atoms with Crippen LogP contribution in [0.4, 0.5) is 5.69 Å². The smallest absolute Gasteiger partial charge is 0.230 e. The van der Waals surface area contributed by atoms with Gasteiger partial charge in [0.2, 0.25) is 5.91 Å². The van der Waals surface area contributed by atoms with Crippen LogP contribution in [0, 0.1) is 11.8 Å². The standard InChI is InChI=1S/C25H32ClN3O2/c1-18-3-10-23(31-2)11-14-27-24(18)28-15-12-20(13-16-28)25(30)29(17-19-4-5-19)22-8-6-21(26)7-9-22/h6-9,11,14,19-20H,3-5,10,12-13,15-17H2,1-2H3. The Balaban J connectivity index is 1.42. The lowest BCUT2D eigenvalue weighted by atomic mass is 9.94. The third kappa shape index (κ3) is 5.51. The molecule has 0 spiro atoms. The molecule has 0 radical (unpaired) electrons. The molecule has 31 heavy (non-hydrogen) atoms. The highest BCUT2D eigenvalue weighted by atomic mass is 35.5. The number of hydrogen-bond donors (Lipinski definition) is 0. The molecule has 0 aromatic heterocycles. The van der Waals surface area contributed by atoms with Crippen molar-refractivity contribution in [3.05, 3.63) is 52.5 Å². The van der Waals surface area contributed by atoms with Crippen LogP contribution in [0.25, 0.3) is 0 Å². The van der Waals surface area contributed by atoms with E-state index >= 15 is 0 Å². The Hall–Kier alpha value is -2.27. The van der Waals surface area contributed by atoms with Crippen molar-refractivity contribution in [1.82, 2.24) is 4.90 Å². The molecule has 166 valence electrons. The first kappa shape index (κ1) is 21.9. The second-order valence-electron chi connectivity index (χ2n) is 8.85. The number of methoxy groups -OCH3 is 1. The third-order valence-electron chi connectivity index (χ3n) is 6.53. The van der Waals surface area contributed by atoms with Gasteiger partial charge in [0.05, 0.1) is 12.9 Å². The van der Waals surface area contributed by atoms with E-state index in [1.54, 1.807) is 7.11 Å². The summed E-state index contributed by atoms with van der Waals surface area (Å²) in [5, 5.41) is 0.701. The van der Waals surface area contributed by atoms with Crippen LogP contribution in [-0.2, 0) is 9.53 Å². The van der Waals surface area contributed by atoms with E-state index in [0.717, 1.165) is 62.6 Å². The highest BCUT2D eigenvalue weighted by Crippen LogP contribution is 2.34. The number of amides is 1. The maximum absolute atomic E-state index is 13.5. The Labute approximate surface area is 190 Å². The number of allylic oxidation sites excluding steroid dienone is 3. The fourth-order valence-electron chi connectivity index (χ4n) is 4.39. The molecular formula is C25H32ClN3O2. The number of ether oxygens (including phenoxy) is 1. The second-order valence-corrected chi connectivity index (χ2v) is 9.29. The summed E-state index contributed by atoms with van der Waals surface area (Å²) in [4.78, 5) is 22.5. The lowest BCUT2D eigenvalue weighted by Crippen LogP contribution is -2.43. The normalized spacial score (nSPS) is 20.2. The quantitative estimate of drug-likeness (QED) is 0.591. The topological polar surface area (TPSA) is 45.1 Å². The molecule has 0 bridgehead atoms. The molecule has 1 amide bonds. The maximum atomic E-state index is 13.5. The van der Waals surface area contributed by atoms with Gasteiger partial charge in [-0.2, -0.15) is 0 Å². The summed E-state index contributed by atoms with van der Waals surface area (Å²) in [5.74, 6) is 2.98. The average molecular weight is 442 g/mol. The van der Waals surface area contributed by atoms with Crippen LogP contribution >= 0.6 is 11.6 Å². The van der Waals surface area contributed by atoms with Crippen molar-refractivity contribution in [2.75, 3.05) is 31.6 Å². The highest BCUT2D eigenvalue weighted by molar-refractivity contribution is 6.30. The molecule has 2 heterocycles. The first-order valence-electron chi connectivity index (χ1n) is 11.3. The van der Waals surface area contributed by atoms with Gasteiger partial charge in [-0.15, -0.1) is 0 Å². The van der Waals surface area contributed by atoms with Crippen LogP contribution in [0.2, 0.25) is 5.02 Å². The zero-order chi connectivity index (χ0) is 21.8. The minimum Gasteiger partial charge on any atom is -0.501 e. The van der Waals surface area contributed by atoms with Crippen LogP contribution < -0.4 is 4.90 Å². The number of rotatable bonds is 6. The molecule has 2 fully saturated rings. The van der Waals surface area contributed by atoms with Crippen molar-refractivity contribution in [2.45, 2.75) is 45.4 Å². The summed E-state index contributed by atoms with van der Waals surface area (Å²) in [5.41, 5.74) is 2.24. The Kier molecular flexibility index (Phi) is 7.01. The molecule has 4 rings (SSSR count). The number of aliphatic imine (C=N–C) groups is 1. The van der Waals surface area contributed by atoms with E-state index in [9.17, 15) is 4.79 Å². The van der Waals surface area contributed by atoms with Gasteiger partial charge in [-0.3, -0.25) is 4.79 Å². The van der Waals surface area contributed by atoms with Crippen molar-refractivity contribution in [3.63, 3.8) is 0 Å². The van der Waals surface area contributed by atoms with Gasteiger partial charge in [0.15, 0.2) is 0 Å². The van der Waals surface area contributed by atoms with Gasteiger partial charge in [0.1, 0.15) is 5.82 Å². The fraction of sp³-hybridized carbons (Fsp3) is 0.520. The number of carbonyl (C=O) groups is 1. The summed E-state index contributed by atoms with van der Waals surface area (Å²) in [6, 6.07) is 7.68. The average Bonchev–Trinajstić information content (AvgIpc) is 3.60. The minimum absolute atomic E-state index is 0.0594. The molecular weight excluding hydrogens is 410 g/mol. The predicted molar refractivity (Wildman–Crippen MR) is 126 cm³/mol. The number of likely N-dealkylation sites (tertiary alicyclic amines) is 1. The second kappa shape index (κ2) is 9.90. The monoisotopic (exact) mass is 441 g/mol. The van der Waals surface area contributed by atoms with Crippen LogP contribution in [0.5, 0.6) is 0 Å². The first-order valence-corrected chi connectivity index (χ1v) is 11.7. The molecule has 5 nitrogen and oxygen atoms in total. The van der Waals surface area contributed by atoms with E-state index in [1.165, 1.54) is 18.4 Å². The van der Waals surface area contributed by atoms with Gasteiger partial charge >= 0.3 is 0 Å².